The molecule has 3 rings (SSSR count). The molecule has 130 valence electrons. The SMILES string of the molecule is O=C(C1CCOCC1)N1CCN(C/C=C/c2ccc(Br)cc2)CC1. The van der Waals surface area contributed by atoms with E-state index in [4.69, 9.17) is 4.74 Å². The number of halogens is 1. The molecule has 0 atom stereocenters. The summed E-state index contributed by atoms with van der Waals surface area (Å²) in [6, 6.07) is 8.32. The second-order valence-corrected chi connectivity index (χ2v) is 7.38. The summed E-state index contributed by atoms with van der Waals surface area (Å²) in [5, 5.41) is 0. The lowest BCUT2D eigenvalue weighted by Gasteiger charge is -2.36. The molecule has 1 aromatic rings. The van der Waals surface area contributed by atoms with E-state index >= 15 is 0 Å². The number of carbonyl (C=O) groups excluding carboxylic acids is 1. The van der Waals surface area contributed by atoms with Crippen molar-refractivity contribution >= 4 is 27.9 Å². The van der Waals surface area contributed by atoms with E-state index in [1.165, 1.54) is 5.56 Å². The van der Waals surface area contributed by atoms with Crippen LogP contribution in [0.2, 0.25) is 0 Å². The van der Waals surface area contributed by atoms with Gasteiger partial charge in [0.1, 0.15) is 0 Å². The zero-order chi connectivity index (χ0) is 16.8. The van der Waals surface area contributed by atoms with Crippen LogP contribution in [0.1, 0.15) is 18.4 Å². The van der Waals surface area contributed by atoms with Gasteiger partial charge in [0.05, 0.1) is 0 Å². The van der Waals surface area contributed by atoms with Gasteiger partial charge in [-0.1, -0.05) is 40.2 Å². The second kappa shape index (κ2) is 8.79. The molecule has 0 radical (unpaired) electrons. The average molecular weight is 393 g/mol. The van der Waals surface area contributed by atoms with Crippen molar-refractivity contribution in [1.82, 2.24) is 9.80 Å². The molecule has 1 aromatic carbocycles. The third-order valence-electron chi connectivity index (χ3n) is 4.80. The predicted octanol–water partition coefficient (Wildman–Crippen LogP) is 3.03. The van der Waals surface area contributed by atoms with Gasteiger partial charge in [-0.05, 0) is 30.5 Å². The van der Waals surface area contributed by atoms with Gasteiger partial charge in [-0.3, -0.25) is 9.69 Å². The van der Waals surface area contributed by atoms with E-state index in [0.717, 1.165) is 63.3 Å². The first-order valence-corrected chi connectivity index (χ1v) is 9.52. The second-order valence-electron chi connectivity index (χ2n) is 6.47. The van der Waals surface area contributed by atoms with Crippen LogP contribution in [0.25, 0.3) is 6.08 Å². The number of hydrogen-bond acceptors (Lipinski definition) is 3. The highest BCUT2D eigenvalue weighted by Gasteiger charge is 2.28. The van der Waals surface area contributed by atoms with Crippen molar-refractivity contribution in [3.05, 3.63) is 40.4 Å². The molecule has 0 aromatic heterocycles. The Morgan fingerprint density at radius 3 is 2.46 bits per heavy atom. The number of rotatable bonds is 4. The monoisotopic (exact) mass is 392 g/mol. The van der Waals surface area contributed by atoms with Gasteiger partial charge in [-0.25, -0.2) is 0 Å². The molecule has 2 aliphatic heterocycles. The van der Waals surface area contributed by atoms with Crippen molar-refractivity contribution in [2.24, 2.45) is 5.92 Å². The van der Waals surface area contributed by atoms with Crippen LogP contribution in [-0.4, -0.2) is 61.6 Å². The summed E-state index contributed by atoms with van der Waals surface area (Å²) in [4.78, 5) is 17.0. The number of benzene rings is 1. The van der Waals surface area contributed by atoms with Crippen LogP contribution in [0.5, 0.6) is 0 Å². The summed E-state index contributed by atoms with van der Waals surface area (Å²) in [5.74, 6) is 0.519. The van der Waals surface area contributed by atoms with Crippen molar-refractivity contribution in [2.75, 3.05) is 45.9 Å². The molecule has 0 spiro atoms. The Balaban J connectivity index is 1.41. The first-order valence-electron chi connectivity index (χ1n) is 8.73. The molecule has 2 fully saturated rings. The van der Waals surface area contributed by atoms with Crippen LogP contribution >= 0.6 is 15.9 Å². The lowest BCUT2D eigenvalue weighted by Crippen LogP contribution is -2.50. The number of ether oxygens (including phenoxy) is 1. The zero-order valence-electron chi connectivity index (χ0n) is 14.0. The first-order chi connectivity index (χ1) is 11.7. The van der Waals surface area contributed by atoms with E-state index in [2.05, 4.69) is 57.2 Å². The molecule has 24 heavy (non-hydrogen) atoms. The maximum Gasteiger partial charge on any atom is 0.225 e. The molecule has 2 heterocycles. The van der Waals surface area contributed by atoms with E-state index in [0.29, 0.717) is 5.91 Å². The highest BCUT2D eigenvalue weighted by Crippen LogP contribution is 2.18. The predicted molar refractivity (Wildman–Crippen MR) is 99.7 cm³/mol. The minimum Gasteiger partial charge on any atom is -0.381 e. The molecule has 0 unspecified atom stereocenters. The van der Waals surface area contributed by atoms with Gasteiger partial charge >= 0.3 is 0 Å². The summed E-state index contributed by atoms with van der Waals surface area (Å²) in [7, 11) is 0. The number of piperazine rings is 1. The highest BCUT2D eigenvalue weighted by atomic mass is 79.9. The highest BCUT2D eigenvalue weighted by molar-refractivity contribution is 9.10. The summed E-state index contributed by atoms with van der Waals surface area (Å²) in [5.41, 5.74) is 1.21. The fourth-order valence-corrected chi connectivity index (χ4v) is 3.53. The third-order valence-corrected chi connectivity index (χ3v) is 5.33. The maximum absolute atomic E-state index is 12.5. The summed E-state index contributed by atoms with van der Waals surface area (Å²) < 4.78 is 6.45. The quantitative estimate of drug-likeness (QED) is 0.789. The van der Waals surface area contributed by atoms with Crippen molar-refractivity contribution in [1.29, 1.82) is 0 Å². The van der Waals surface area contributed by atoms with E-state index < -0.39 is 0 Å². The molecule has 2 aliphatic rings. The number of amides is 1. The summed E-state index contributed by atoms with van der Waals surface area (Å²) >= 11 is 3.45. The van der Waals surface area contributed by atoms with Gasteiger partial charge in [0.15, 0.2) is 0 Å². The molecule has 0 N–H and O–H groups in total. The first kappa shape index (κ1) is 17.6. The Morgan fingerprint density at radius 2 is 1.79 bits per heavy atom. The van der Waals surface area contributed by atoms with Gasteiger partial charge in [-0.2, -0.15) is 0 Å². The summed E-state index contributed by atoms with van der Waals surface area (Å²) in [6.07, 6.45) is 6.13. The van der Waals surface area contributed by atoms with E-state index in [-0.39, 0.29) is 5.92 Å². The average Bonchev–Trinajstić information content (AvgIpc) is 2.64. The molecule has 0 aliphatic carbocycles. The molecular weight excluding hydrogens is 368 g/mol. The van der Waals surface area contributed by atoms with Crippen LogP contribution in [0.4, 0.5) is 0 Å². The molecular formula is C19H25BrN2O2. The minimum atomic E-state index is 0.183. The van der Waals surface area contributed by atoms with Crippen LogP contribution in [-0.2, 0) is 9.53 Å². The Hall–Kier alpha value is -1.17. The maximum atomic E-state index is 12.5. The molecule has 1 amide bonds. The van der Waals surface area contributed by atoms with Crippen LogP contribution in [0.3, 0.4) is 0 Å². The van der Waals surface area contributed by atoms with Gasteiger partial charge in [0.2, 0.25) is 5.91 Å². The van der Waals surface area contributed by atoms with E-state index in [1.54, 1.807) is 0 Å². The standard InChI is InChI=1S/C19H25BrN2O2/c20-18-5-3-16(4-6-18)2-1-9-21-10-12-22(13-11-21)19(23)17-7-14-24-15-8-17/h1-6,17H,7-15H2/b2-1+. The number of carbonyl (C=O) groups is 1. The minimum absolute atomic E-state index is 0.183. The molecule has 2 saturated heterocycles. The van der Waals surface area contributed by atoms with Crippen molar-refractivity contribution in [3.63, 3.8) is 0 Å². The van der Waals surface area contributed by atoms with E-state index in [1.807, 2.05) is 4.90 Å². The largest absolute Gasteiger partial charge is 0.381 e. The van der Waals surface area contributed by atoms with E-state index in [9.17, 15) is 4.79 Å². The molecule has 0 saturated carbocycles. The van der Waals surface area contributed by atoms with Crippen LogP contribution < -0.4 is 0 Å². The Bertz CT molecular complexity index is 559. The van der Waals surface area contributed by atoms with Gasteiger partial charge in [0, 0.05) is 56.3 Å². The van der Waals surface area contributed by atoms with Gasteiger partial charge in [-0.15, -0.1) is 0 Å². The Morgan fingerprint density at radius 1 is 1.12 bits per heavy atom. The molecule has 4 nitrogen and oxygen atoms in total. The van der Waals surface area contributed by atoms with Gasteiger partial charge in [0.25, 0.3) is 0 Å². The Labute approximate surface area is 152 Å². The Kier molecular flexibility index (Phi) is 6.46. The van der Waals surface area contributed by atoms with Crippen molar-refractivity contribution in [3.8, 4) is 0 Å². The zero-order valence-corrected chi connectivity index (χ0v) is 15.6. The molecule has 0 bridgehead atoms. The topological polar surface area (TPSA) is 32.8 Å². The lowest BCUT2D eigenvalue weighted by atomic mass is 9.98. The fraction of sp³-hybridized carbons (Fsp3) is 0.526. The smallest absolute Gasteiger partial charge is 0.225 e. The molecule has 5 heteroatoms. The number of nitrogens with zero attached hydrogens (tertiary/aromatic N) is 2. The van der Waals surface area contributed by atoms with Crippen molar-refractivity contribution < 1.29 is 9.53 Å². The van der Waals surface area contributed by atoms with Gasteiger partial charge < -0.3 is 9.64 Å². The third kappa shape index (κ3) is 4.91. The normalized spacial score (nSPS) is 20.6. The van der Waals surface area contributed by atoms with Crippen LogP contribution in [0.15, 0.2) is 34.8 Å². The van der Waals surface area contributed by atoms with Crippen LogP contribution in [0, 0.1) is 5.92 Å². The summed E-state index contributed by atoms with van der Waals surface area (Å²) in [6.45, 7) is 6.02. The van der Waals surface area contributed by atoms with Crippen molar-refractivity contribution in [2.45, 2.75) is 12.8 Å². The number of hydrogen-bond donors (Lipinski definition) is 0. The fourth-order valence-electron chi connectivity index (χ4n) is 3.27. The lowest BCUT2D eigenvalue weighted by molar-refractivity contribution is -0.140.